The minimum atomic E-state index is -1.05. The molecule has 5 nitrogen and oxygen atoms in total. The number of aryl methyl sites for hydroxylation is 1. The zero-order valence-corrected chi connectivity index (χ0v) is 10.4. The van der Waals surface area contributed by atoms with Gasteiger partial charge in [-0.2, -0.15) is 0 Å². The lowest BCUT2D eigenvalue weighted by molar-refractivity contribution is 0.0690. The Hall–Kier alpha value is -2.30. The minimum absolute atomic E-state index is 0.0206. The number of fused-ring (bicyclic) bond motifs is 1. The third-order valence-electron chi connectivity index (χ3n) is 2.74. The molecule has 94 valence electrons. The van der Waals surface area contributed by atoms with Gasteiger partial charge in [0, 0.05) is 11.1 Å². The van der Waals surface area contributed by atoms with Crippen LogP contribution in [0.3, 0.4) is 0 Å². The van der Waals surface area contributed by atoms with E-state index in [2.05, 4.69) is 4.98 Å². The van der Waals surface area contributed by atoms with Crippen molar-refractivity contribution in [3.63, 3.8) is 0 Å². The van der Waals surface area contributed by atoms with Gasteiger partial charge < -0.3 is 14.6 Å². The molecule has 2 aromatic rings. The molecule has 0 aliphatic heterocycles. The Bertz CT molecular complexity index is 622. The summed E-state index contributed by atoms with van der Waals surface area (Å²) in [4.78, 5) is 15.0. The fourth-order valence-electron chi connectivity index (χ4n) is 1.86. The number of aromatic carboxylic acids is 1. The Morgan fingerprint density at radius 3 is 2.33 bits per heavy atom. The zero-order valence-electron chi connectivity index (χ0n) is 10.4. The van der Waals surface area contributed by atoms with E-state index in [0.717, 1.165) is 10.8 Å². The number of methoxy groups -OCH3 is 2. The van der Waals surface area contributed by atoms with Gasteiger partial charge in [-0.25, -0.2) is 9.78 Å². The number of benzene rings is 1. The maximum absolute atomic E-state index is 11.0. The molecule has 2 rings (SSSR count). The minimum Gasteiger partial charge on any atom is -0.493 e. The van der Waals surface area contributed by atoms with Crippen molar-refractivity contribution in [2.45, 2.75) is 6.92 Å². The molecular weight excluding hydrogens is 234 g/mol. The van der Waals surface area contributed by atoms with Crippen molar-refractivity contribution in [2.24, 2.45) is 0 Å². The highest BCUT2D eigenvalue weighted by Crippen LogP contribution is 2.33. The van der Waals surface area contributed by atoms with Gasteiger partial charge >= 0.3 is 5.97 Å². The summed E-state index contributed by atoms with van der Waals surface area (Å²) in [7, 11) is 3.09. The summed E-state index contributed by atoms with van der Waals surface area (Å²) in [5.41, 5.74) is 0.665. The van der Waals surface area contributed by atoms with Crippen LogP contribution in [0.1, 0.15) is 16.2 Å². The Morgan fingerprint density at radius 2 is 1.78 bits per heavy atom. The van der Waals surface area contributed by atoms with Crippen LogP contribution in [0.2, 0.25) is 0 Å². The molecule has 1 N–H and O–H groups in total. The smallest absolute Gasteiger partial charge is 0.354 e. The van der Waals surface area contributed by atoms with Gasteiger partial charge in [-0.05, 0) is 30.5 Å². The summed E-state index contributed by atoms with van der Waals surface area (Å²) in [6, 6.07) is 5.06. The van der Waals surface area contributed by atoms with E-state index in [9.17, 15) is 4.79 Å². The molecular formula is C13H13NO4. The summed E-state index contributed by atoms with van der Waals surface area (Å²) in [5.74, 6) is 0.111. The summed E-state index contributed by atoms with van der Waals surface area (Å²) in [6.07, 6.45) is 0. The molecule has 18 heavy (non-hydrogen) atoms. The maximum Gasteiger partial charge on any atom is 0.354 e. The van der Waals surface area contributed by atoms with Crippen molar-refractivity contribution in [3.05, 3.63) is 29.6 Å². The topological polar surface area (TPSA) is 68.7 Å². The Balaban J connectivity index is 2.76. The van der Waals surface area contributed by atoms with E-state index in [1.165, 1.54) is 13.2 Å². The predicted octanol–water partition coefficient (Wildman–Crippen LogP) is 2.26. The number of carboxylic acids is 1. The third-order valence-corrected chi connectivity index (χ3v) is 2.74. The number of carbonyl (C=O) groups is 1. The van der Waals surface area contributed by atoms with Gasteiger partial charge in [-0.3, -0.25) is 0 Å². The van der Waals surface area contributed by atoms with Crippen LogP contribution in [0.15, 0.2) is 18.2 Å². The quantitative estimate of drug-likeness (QED) is 0.900. The van der Waals surface area contributed by atoms with E-state index in [1.807, 2.05) is 0 Å². The molecule has 1 heterocycles. The van der Waals surface area contributed by atoms with Crippen LogP contribution in [0.4, 0.5) is 0 Å². The molecule has 0 fully saturated rings. The first-order chi connectivity index (χ1) is 8.56. The van der Waals surface area contributed by atoms with Gasteiger partial charge in [0.25, 0.3) is 0 Å². The Kier molecular flexibility index (Phi) is 3.06. The number of pyridine rings is 1. The largest absolute Gasteiger partial charge is 0.493 e. The molecule has 0 bridgehead atoms. The van der Waals surface area contributed by atoms with Gasteiger partial charge in [0.1, 0.15) is 5.69 Å². The lowest BCUT2D eigenvalue weighted by atomic mass is 10.1. The van der Waals surface area contributed by atoms with Crippen molar-refractivity contribution in [3.8, 4) is 11.5 Å². The molecule has 5 heteroatoms. The van der Waals surface area contributed by atoms with E-state index in [0.29, 0.717) is 17.2 Å². The molecule has 0 saturated carbocycles. The van der Waals surface area contributed by atoms with Crippen molar-refractivity contribution in [1.29, 1.82) is 0 Å². The van der Waals surface area contributed by atoms with Gasteiger partial charge in [-0.15, -0.1) is 0 Å². The second kappa shape index (κ2) is 4.52. The van der Waals surface area contributed by atoms with Crippen molar-refractivity contribution in [1.82, 2.24) is 4.98 Å². The lowest BCUT2D eigenvalue weighted by Gasteiger charge is -2.10. The fourth-order valence-corrected chi connectivity index (χ4v) is 1.86. The van der Waals surface area contributed by atoms with E-state index >= 15 is 0 Å². The van der Waals surface area contributed by atoms with Crippen LogP contribution in [0, 0.1) is 6.92 Å². The SMILES string of the molecule is COc1cc2cc(C(=O)O)nc(C)c2cc1OC. The zero-order chi connectivity index (χ0) is 13.3. The molecule has 0 spiro atoms. The molecule has 0 aliphatic rings. The monoisotopic (exact) mass is 247 g/mol. The Labute approximate surface area is 104 Å². The number of rotatable bonds is 3. The van der Waals surface area contributed by atoms with Gasteiger partial charge in [0.2, 0.25) is 0 Å². The molecule has 0 atom stereocenters. The van der Waals surface area contributed by atoms with Crippen LogP contribution in [0.5, 0.6) is 11.5 Å². The van der Waals surface area contributed by atoms with Gasteiger partial charge in [0.05, 0.1) is 14.2 Å². The highest BCUT2D eigenvalue weighted by molar-refractivity contribution is 5.94. The second-order valence-corrected chi connectivity index (χ2v) is 3.83. The number of hydrogen-bond acceptors (Lipinski definition) is 4. The summed E-state index contributed by atoms with van der Waals surface area (Å²) >= 11 is 0. The van der Waals surface area contributed by atoms with Crippen molar-refractivity contribution >= 4 is 16.7 Å². The van der Waals surface area contributed by atoms with Crippen molar-refractivity contribution in [2.75, 3.05) is 14.2 Å². The normalized spacial score (nSPS) is 10.4. The van der Waals surface area contributed by atoms with Crippen LogP contribution in [-0.4, -0.2) is 30.3 Å². The Morgan fingerprint density at radius 1 is 1.17 bits per heavy atom. The first kappa shape index (κ1) is 12.2. The van der Waals surface area contributed by atoms with Gasteiger partial charge in [0.15, 0.2) is 11.5 Å². The fraction of sp³-hybridized carbons (Fsp3) is 0.231. The predicted molar refractivity (Wildman–Crippen MR) is 66.5 cm³/mol. The van der Waals surface area contributed by atoms with Crippen LogP contribution in [0.25, 0.3) is 10.8 Å². The highest BCUT2D eigenvalue weighted by atomic mass is 16.5. The maximum atomic E-state index is 11.0. The standard InChI is InChI=1S/C13H13NO4/c1-7-9-6-12(18-3)11(17-2)5-8(9)4-10(14-7)13(15)16/h4-6H,1-3H3,(H,15,16). The molecule has 0 amide bonds. The molecule has 0 unspecified atom stereocenters. The first-order valence-electron chi connectivity index (χ1n) is 5.33. The summed E-state index contributed by atoms with van der Waals surface area (Å²) < 4.78 is 10.4. The molecule has 1 aromatic carbocycles. The average molecular weight is 247 g/mol. The molecule has 0 aliphatic carbocycles. The third kappa shape index (κ3) is 1.95. The number of aromatic nitrogens is 1. The van der Waals surface area contributed by atoms with E-state index in [4.69, 9.17) is 14.6 Å². The number of nitrogens with zero attached hydrogens (tertiary/aromatic N) is 1. The highest BCUT2D eigenvalue weighted by Gasteiger charge is 2.12. The molecule has 0 saturated heterocycles. The number of hydrogen-bond donors (Lipinski definition) is 1. The van der Waals surface area contributed by atoms with Crippen LogP contribution < -0.4 is 9.47 Å². The molecule has 0 radical (unpaired) electrons. The van der Waals surface area contributed by atoms with Crippen LogP contribution >= 0.6 is 0 Å². The first-order valence-corrected chi connectivity index (χ1v) is 5.33. The van der Waals surface area contributed by atoms with Gasteiger partial charge in [-0.1, -0.05) is 0 Å². The van der Waals surface area contributed by atoms with E-state index < -0.39 is 5.97 Å². The van der Waals surface area contributed by atoms with Crippen LogP contribution in [-0.2, 0) is 0 Å². The van der Waals surface area contributed by atoms with E-state index in [-0.39, 0.29) is 5.69 Å². The number of carboxylic acid groups (broad SMARTS) is 1. The second-order valence-electron chi connectivity index (χ2n) is 3.83. The summed E-state index contributed by atoms with van der Waals surface area (Å²) in [5, 5.41) is 10.6. The number of ether oxygens (including phenoxy) is 2. The lowest BCUT2D eigenvalue weighted by Crippen LogP contribution is -2.02. The average Bonchev–Trinajstić information content (AvgIpc) is 2.36. The molecule has 1 aromatic heterocycles. The van der Waals surface area contributed by atoms with Crippen molar-refractivity contribution < 1.29 is 19.4 Å². The summed E-state index contributed by atoms with van der Waals surface area (Å²) in [6.45, 7) is 1.76. The van der Waals surface area contributed by atoms with E-state index in [1.54, 1.807) is 26.2 Å².